The Bertz CT molecular complexity index is 560. The van der Waals surface area contributed by atoms with Crippen molar-refractivity contribution in [1.29, 1.82) is 0 Å². The number of hydrogen-bond donors (Lipinski definition) is 1. The number of aryl methyl sites for hydroxylation is 1. The minimum Gasteiger partial charge on any atom is -0.395 e. The van der Waals surface area contributed by atoms with Gasteiger partial charge in [0.2, 0.25) is 0 Å². The lowest BCUT2D eigenvalue weighted by Gasteiger charge is -2.20. The van der Waals surface area contributed by atoms with Crippen LogP contribution in [0.2, 0.25) is 0 Å². The van der Waals surface area contributed by atoms with Crippen molar-refractivity contribution in [3.8, 4) is 0 Å². The van der Waals surface area contributed by atoms with Gasteiger partial charge in [-0.15, -0.1) is 0 Å². The number of aromatic nitrogens is 2. The maximum Gasteiger partial charge on any atom is 0.127 e. The van der Waals surface area contributed by atoms with Gasteiger partial charge in [-0.25, -0.2) is 4.98 Å². The summed E-state index contributed by atoms with van der Waals surface area (Å²) in [6.45, 7) is 5.01. The zero-order valence-corrected chi connectivity index (χ0v) is 12.2. The number of rotatable bonds is 5. The second-order valence-electron chi connectivity index (χ2n) is 5.16. The largest absolute Gasteiger partial charge is 0.395 e. The molecule has 0 saturated heterocycles. The first-order valence-corrected chi connectivity index (χ1v) is 6.84. The van der Waals surface area contributed by atoms with E-state index in [1.165, 1.54) is 5.56 Å². The fourth-order valence-electron chi connectivity index (χ4n) is 2.30. The van der Waals surface area contributed by atoms with Crippen LogP contribution in [0, 0.1) is 0 Å². The van der Waals surface area contributed by atoms with E-state index < -0.39 is 0 Å². The molecule has 19 heavy (non-hydrogen) atoms. The summed E-state index contributed by atoms with van der Waals surface area (Å²) >= 11 is 0. The summed E-state index contributed by atoms with van der Waals surface area (Å²) in [5.41, 5.74) is 3.43. The van der Waals surface area contributed by atoms with Gasteiger partial charge in [0, 0.05) is 6.54 Å². The molecule has 4 heteroatoms. The van der Waals surface area contributed by atoms with Crippen LogP contribution in [0.4, 0.5) is 0 Å². The Balaban J connectivity index is 2.58. The smallest absolute Gasteiger partial charge is 0.127 e. The van der Waals surface area contributed by atoms with Gasteiger partial charge in [-0.3, -0.25) is 4.90 Å². The zero-order valence-electron chi connectivity index (χ0n) is 12.2. The van der Waals surface area contributed by atoms with E-state index in [2.05, 4.69) is 41.5 Å². The van der Waals surface area contributed by atoms with Gasteiger partial charge in [0.1, 0.15) is 5.82 Å². The highest BCUT2D eigenvalue weighted by molar-refractivity contribution is 5.77. The fraction of sp³-hybridized carbons (Fsp3) is 0.533. The lowest BCUT2D eigenvalue weighted by molar-refractivity contribution is 0.262. The van der Waals surface area contributed by atoms with E-state index in [-0.39, 0.29) is 12.6 Å². The Morgan fingerprint density at radius 2 is 2.11 bits per heavy atom. The van der Waals surface area contributed by atoms with Gasteiger partial charge in [0.05, 0.1) is 23.7 Å². The molecule has 0 radical (unpaired) electrons. The second-order valence-corrected chi connectivity index (χ2v) is 5.16. The van der Waals surface area contributed by atoms with Crippen LogP contribution in [0.25, 0.3) is 11.0 Å². The minimum absolute atomic E-state index is 0.133. The van der Waals surface area contributed by atoms with Crippen molar-refractivity contribution in [2.24, 2.45) is 0 Å². The van der Waals surface area contributed by atoms with Gasteiger partial charge in [-0.1, -0.05) is 13.0 Å². The van der Waals surface area contributed by atoms with E-state index in [1.807, 2.05) is 14.1 Å². The molecular formula is C15H23N3O. The molecule has 2 aromatic rings. The van der Waals surface area contributed by atoms with Crippen LogP contribution >= 0.6 is 0 Å². The molecule has 1 aromatic heterocycles. The molecule has 0 fully saturated rings. The Kier molecular flexibility index (Phi) is 4.22. The van der Waals surface area contributed by atoms with Crippen LogP contribution in [0.1, 0.15) is 31.3 Å². The van der Waals surface area contributed by atoms with E-state index >= 15 is 0 Å². The van der Waals surface area contributed by atoms with Crippen LogP contribution < -0.4 is 0 Å². The molecule has 4 nitrogen and oxygen atoms in total. The van der Waals surface area contributed by atoms with E-state index in [1.54, 1.807) is 0 Å². The number of aliphatic hydroxyl groups excluding tert-OH is 1. The molecule has 0 bridgehead atoms. The molecular weight excluding hydrogens is 238 g/mol. The molecule has 1 heterocycles. The number of imidazole rings is 1. The molecule has 1 unspecified atom stereocenters. The Labute approximate surface area is 114 Å². The van der Waals surface area contributed by atoms with E-state index in [4.69, 9.17) is 4.98 Å². The Hall–Kier alpha value is -1.39. The summed E-state index contributed by atoms with van der Waals surface area (Å²) in [6.07, 6.45) is 1.02. The zero-order chi connectivity index (χ0) is 14.0. The fourth-order valence-corrected chi connectivity index (χ4v) is 2.30. The third-order valence-corrected chi connectivity index (χ3v) is 3.72. The van der Waals surface area contributed by atoms with Gasteiger partial charge in [-0.05, 0) is 45.1 Å². The normalized spacial score (nSPS) is 13.4. The standard InChI is InChI=1S/C15H23N3O/c1-5-12-6-7-14-13(10-12)16-15(11(2)17(3)4)18(14)8-9-19/h6-7,10-11,19H,5,8-9H2,1-4H3. The van der Waals surface area contributed by atoms with Gasteiger partial charge >= 0.3 is 0 Å². The topological polar surface area (TPSA) is 41.3 Å². The van der Waals surface area contributed by atoms with Crippen LogP contribution in [0.15, 0.2) is 18.2 Å². The molecule has 2 rings (SSSR count). The molecule has 1 aromatic carbocycles. The Morgan fingerprint density at radius 3 is 2.68 bits per heavy atom. The third-order valence-electron chi connectivity index (χ3n) is 3.72. The molecule has 0 aliphatic carbocycles. The van der Waals surface area contributed by atoms with Crippen molar-refractivity contribution in [3.05, 3.63) is 29.6 Å². The number of hydrogen-bond acceptors (Lipinski definition) is 3. The average Bonchev–Trinajstić information content (AvgIpc) is 2.76. The minimum atomic E-state index is 0.133. The lowest BCUT2D eigenvalue weighted by Crippen LogP contribution is -2.21. The van der Waals surface area contributed by atoms with Crippen molar-refractivity contribution in [2.45, 2.75) is 32.9 Å². The van der Waals surface area contributed by atoms with Crippen LogP contribution in [0.5, 0.6) is 0 Å². The van der Waals surface area contributed by atoms with Crippen molar-refractivity contribution in [1.82, 2.24) is 14.5 Å². The molecule has 1 N–H and O–H groups in total. The Morgan fingerprint density at radius 1 is 1.37 bits per heavy atom. The molecule has 0 aliphatic heterocycles. The van der Waals surface area contributed by atoms with Crippen LogP contribution in [-0.2, 0) is 13.0 Å². The van der Waals surface area contributed by atoms with Crippen molar-refractivity contribution < 1.29 is 5.11 Å². The van der Waals surface area contributed by atoms with Gasteiger partial charge in [0.15, 0.2) is 0 Å². The quantitative estimate of drug-likeness (QED) is 0.897. The van der Waals surface area contributed by atoms with Gasteiger partial charge in [0.25, 0.3) is 0 Å². The monoisotopic (exact) mass is 261 g/mol. The SMILES string of the molecule is CCc1ccc2c(c1)nc(C(C)N(C)C)n2CCO. The highest BCUT2D eigenvalue weighted by Gasteiger charge is 2.17. The maximum absolute atomic E-state index is 9.28. The highest BCUT2D eigenvalue weighted by atomic mass is 16.3. The van der Waals surface area contributed by atoms with Gasteiger partial charge < -0.3 is 9.67 Å². The lowest BCUT2D eigenvalue weighted by atomic mass is 10.1. The summed E-state index contributed by atoms with van der Waals surface area (Å²) in [7, 11) is 4.09. The van der Waals surface area contributed by atoms with Crippen molar-refractivity contribution >= 4 is 11.0 Å². The van der Waals surface area contributed by atoms with Crippen LogP contribution in [0.3, 0.4) is 0 Å². The number of aliphatic hydroxyl groups is 1. The first-order chi connectivity index (χ1) is 9.08. The average molecular weight is 261 g/mol. The second kappa shape index (κ2) is 5.72. The van der Waals surface area contributed by atoms with Gasteiger partial charge in [-0.2, -0.15) is 0 Å². The summed E-state index contributed by atoms with van der Waals surface area (Å²) < 4.78 is 2.12. The van der Waals surface area contributed by atoms with Crippen molar-refractivity contribution in [2.75, 3.05) is 20.7 Å². The van der Waals surface area contributed by atoms with Crippen LogP contribution in [-0.4, -0.2) is 40.3 Å². The predicted molar refractivity (Wildman–Crippen MR) is 78.3 cm³/mol. The highest BCUT2D eigenvalue weighted by Crippen LogP contribution is 2.24. The third kappa shape index (κ3) is 2.65. The predicted octanol–water partition coefficient (Wildman–Crippen LogP) is 2.21. The summed E-state index contributed by atoms with van der Waals surface area (Å²) in [5, 5.41) is 9.28. The molecule has 0 amide bonds. The first-order valence-electron chi connectivity index (χ1n) is 6.84. The van der Waals surface area contributed by atoms with E-state index in [9.17, 15) is 5.11 Å². The first kappa shape index (κ1) is 14.0. The summed E-state index contributed by atoms with van der Waals surface area (Å²) in [5.74, 6) is 1.02. The molecule has 1 atom stereocenters. The van der Waals surface area contributed by atoms with Crippen molar-refractivity contribution in [3.63, 3.8) is 0 Å². The number of fused-ring (bicyclic) bond motifs is 1. The summed E-state index contributed by atoms with van der Waals surface area (Å²) in [6, 6.07) is 6.63. The summed E-state index contributed by atoms with van der Waals surface area (Å²) in [4.78, 5) is 6.91. The maximum atomic E-state index is 9.28. The molecule has 0 spiro atoms. The molecule has 0 saturated carbocycles. The molecule has 104 valence electrons. The number of nitrogens with zero attached hydrogens (tertiary/aromatic N) is 3. The van der Waals surface area contributed by atoms with E-state index in [0.717, 1.165) is 23.3 Å². The van der Waals surface area contributed by atoms with E-state index in [0.29, 0.717) is 6.54 Å². The molecule has 0 aliphatic rings. The number of benzene rings is 1.